The molecule has 124 valence electrons. The molecule has 0 spiro atoms. The molecule has 1 N–H and O–H groups in total. The molecular formula is C16H24N6S. The molecule has 0 aromatic carbocycles. The summed E-state index contributed by atoms with van der Waals surface area (Å²) in [6, 6.07) is 0. The lowest BCUT2D eigenvalue weighted by atomic mass is 9.87. The van der Waals surface area contributed by atoms with Crippen LogP contribution in [0.1, 0.15) is 48.7 Å². The maximum absolute atomic E-state index is 4.93. The Morgan fingerprint density at radius 1 is 1.13 bits per heavy atom. The second kappa shape index (κ2) is 6.97. The number of H-pyrrole nitrogens is 1. The first kappa shape index (κ1) is 15.1. The molecule has 1 saturated carbocycles. The smallest absolute Gasteiger partial charge is 0.221 e. The first-order valence-electron chi connectivity index (χ1n) is 8.65. The third-order valence-electron chi connectivity index (χ3n) is 5.03. The van der Waals surface area contributed by atoms with Gasteiger partial charge in [-0.05, 0) is 12.8 Å². The number of nitrogens with zero attached hydrogens (tertiary/aromatic N) is 5. The quantitative estimate of drug-likeness (QED) is 0.932. The lowest BCUT2D eigenvalue weighted by Gasteiger charge is -2.33. The van der Waals surface area contributed by atoms with E-state index >= 15 is 0 Å². The van der Waals surface area contributed by atoms with E-state index in [1.165, 1.54) is 42.8 Å². The summed E-state index contributed by atoms with van der Waals surface area (Å²) in [5.74, 6) is 1.61. The maximum Gasteiger partial charge on any atom is 0.221 e. The van der Waals surface area contributed by atoms with Crippen LogP contribution in [0.3, 0.4) is 0 Å². The maximum atomic E-state index is 4.93. The van der Waals surface area contributed by atoms with Crippen LogP contribution in [0.4, 0.5) is 5.95 Å². The number of piperazine rings is 1. The first-order chi connectivity index (χ1) is 11.4. The van der Waals surface area contributed by atoms with Gasteiger partial charge in [-0.2, -0.15) is 10.1 Å². The van der Waals surface area contributed by atoms with Crippen molar-refractivity contribution in [1.82, 2.24) is 25.1 Å². The van der Waals surface area contributed by atoms with Crippen LogP contribution in [-0.4, -0.2) is 51.2 Å². The van der Waals surface area contributed by atoms with E-state index in [1.807, 2.05) is 11.3 Å². The molecule has 7 heteroatoms. The third kappa shape index (κ3) is 3.55. The molecule has 0 amide bonds. The van der Waals surface area contributed by atoms with Crippen LogP contribution >= 0.6 is 11.3 Å². The molecule has 3 heterocycles. The first-order valence-corrected chi connectivity index (χ1v) is 9.53. The molecule has 2 aromatic heterocycles. The molecule has 6 nitrogen and oxygen atoms in total. The number of anilines is 1. The highest BCUT2D eigenvalue weighted by Gasteiger charge is 2.21. The van der Waals surface area contributed by atoms with Gasteiger partial charge in [0.25, 0.3) is 0 Å². The SMILES string of the molecule is c1n[nH]c(N2CCN(Cc3nc(C4CCCCC4)cs3)CC2)n1. The highest BCUT2D eigenvalue weighted by atomic mass is 32.1. The summed E-state index contributed by atoms with van der Waals surface area (Å²) in [4.78, 5) is 13.9. The van der Waals surface area contributed by atoms with Gasteiger partial charge in [-0.25, -0.2) is 10.1 Å². The normalized spacial score (nSPS) is 21.0. The Bertz CT molecular complexity index is 596. The average Bonchev–Trinajstić information content (AvgIpc) is 3.28. The number of aromatic amines is 1. The van der Waals surface area contributed by atoms with Gasteiger partial charge in [0.15, 0.2) is 0 Å². The predicted molar refractivity (Wildman–Crippen MR) is 91.8 cm³/mol. The minimum atomic E-state index is 0.719. The van der Waals surface area contributed by atoms with Crippen LogP contribution in [0.15, 0.2) is 11.7 Å². The van der Waals surface area contributed by atoms with Crippen LogP contribution in [-0.2, 0) is 6.54 Å². The van der Waals surface area contributed by atoms with E-state index in [1.54, 1.807) is 6.33 Å². The van der Waals surface area contributed by atoms with Crippen molar-refractivity contribution < 1.29 is 0 Å². The van der Waals surface area contributed by atoms with E-state index in [2.05, 4.69) is 30.4 Å². The van der Waals surface area contributed by atoms with Gasteiger partial charge >= 0.3 is 0 Å². The monoisotopic (exact) mass is 332 g/mol. The summed E-state index contributed by atoms with van der Waals surface area (Å²) in [5.41, 5.74) is 1.35. The Morgan fingerprint density at radius 3 is 2.70 bits per heavy atom. The van der Waals surface area contributed by atoms with E-state index in [4.69, 9.17) is 4.98 Å². The van der Waals surface area contributed by atoms with Crippen molar-refractivity contribution in [3.05, 3.63) is 22.4 Å². The van der Waals surface area contributed by atoms with Crippen molar-refractivity contribution >= 4 is 17.3 Å². The van der Waals surface area contributed by atoms with Gasteiger partial charge in [0.2, 0.25) is 5.95 Å². The van der Waals surface area contributed by atoms with Crippen LogP contribution in [0.25, 0.3) is 0 Å². The zero-order valence-corrected chi connectivity index (χ0v) is 14.3. The van der Waals surface area contributed by atoms with Gasteiger partial charge in [0.05, 0.1) is 12.2 Å². The molecule has 0 atom stereocenters. The number of hydrogen-bond donors (Lipinski definition) is 1. The molecular weight excluding hydrogens is 308 g/mol. The molecule has 23 heavy (non-hydrogen) atoms. The summed E-state index contributed by atoms with van der Waals surface area (Å²) in [7, 11) is 0. The van der Waals surface area contributed by atoms with Crippen molar-refractivity contribution in [2.45, 2.75) is 44.6 Å². The van der Waals surface area contributed by atoms with Crippen LogP contribution in [0, 0.1) is 0 Å². The molecule has 2 fully saturated rings. The van der Waals surface area contributed by atoms with Crippen molar-refractivity contribution in [2.24, 2.45) is 0 Å². The molecule has 1 aliphatic carbocycles. The summed E-state index contributed by atoms with van der Waals surface area (Å²) in [6.07, 6.45) is 8.40. The van der Waals surface area contributed by atoms with Crippen molar-refractivity contribution in [3.63, 3.8) is 0 Å². The third-order valence-corrected chi connectivity index (χ3v) is 5.88. The van der Waals surface area contributed by atoms with E-state index in [9.17, 15) is 0 Å². The van der Waals surface area contributed by atoms with E-state index < -0.39 is 0 Å². The van der Waals surface area contributed by atoms with Crippen LogP contribution in [0.5, 0.6) is 0 Å². The minimum absolute atomic E-state index is 0.719. The molecule has 0 unspecified atom stereocenters. The van der Waals surface area contributed by atoms with E-state index in [-0.39, 0.29) is 0 Å². The van der Waals surface area contributed by atoms with Crippen molar-refractivity contribution in [1.29, 1.82) is 0 Å². The Kier molecular flexibility index (Phi) is 4.57. The van der Waals surface area contributed by atoms with E-state index in [0.717, 1.165) is 44.6 Å². The van der Waals surface area contributed by atoms with Gasteiger partial charge in [0, 0.05) is 37.5 Å². The molecule has 1 aliphatic heterocycles. The van der Waals surface area contributed by atoms with Gasteiger partial charge in [-0.15, -0.1) is 11.3 Å². The summed E-state index contributed by atoms with van der Waals surface area (Å²) >= 11 is 1.84. The number of aromatic nitrogens is 4. The second-order valence-corrected chi connectivity index (χ2v) is 7.52. The Balaban J connectivity index is 1.30. The Morgan fingerprint density at radius 2 is 1.96 bits per heavy atom. The molecule has 1 saturated heterocycles. The zero-order valence-electron chi connectivity index (χ0n) is 13.4. The predicted octanol–water partition coefficient (Wildman–Crippen LogP) is 2.63. The van der Waals surface area contributed by atoms with Gasteiger partial charge < -0.3 is 4.90 Å². The standard InChI is InChI=1S/C16H24N6S/c1-2-4-13(5-3-1)14-11-23-15(19-14)10-21-6-8-22(9-7-21)16-17-12-18-20-16/h11-13H,1-10H2,(H,17,18,20). The van der Waals surface area contributed by atoms with Gasteiger partial charge in [0.1, 0.15) is 11.3 Å². The van der Waals surface area contributed by atoms with Gasteiger partial charge in [-0.1, -0.05) is 19.3 Å². The summed E-state index contributed by atoms with van der Waals surface area (Å²) in [5, 5.41) is 10.5. The average molecular weight is 332 g/mol. The van der Waals surface area contributed by atoms with Crippen molar-refractivity contribution in [3.8, 4) is 0 Å². The summed E-state index contributed by atoms with van der Waals surface area (Å²) < 4.78 is 0. The van der Waals surface area contributed by atoms with Gasteiger partial charge in [-0.3, -0.25) is 4.90 Å². The lowest BCUT2D eigenvalue weighted by Crippen LogP contribution is -2.46. The number of nitrogens with one attached hydrogen (secondary N) is 1. The molecule has 2 aromatic rings. The zero-order chi connectivity index (χ0) is 15.5. The summed E-state index contributed by atoms with van der Waals surface area (Å²) in [6.45, 7) is 5.09. The number of hydrogen-bond acceptors (Lipinski definition) is 6. The van der Waals surface area contributed by atoms with E-state index in [0.29, 0.717) is 0 Å². The lowest BCUT2D eigenvalue weighted by molar-refractivity contribution is 0.248. The fraction of sp³-hybridized carbons (Fsp3) is 0.688. The fourth-order valence-corrected chi connectivity index (χ4v) is 4.56. The molecule has 0 bridgehead atoms. The molecule has 4 rings (SSSR count). The van der Waals surface area contributed by atoms with Crippen molar-refractivity contribution in [2.75, 3.05) is 31.1 Å². The van der Waals surface area contributed by atoms with Crippen LogP contribution < -0.4 is 4.90 Å². The number of thiazole rings is 1. The van der Waals surface area contributed by atoms with Crippen LogP contribution in [0.2, 0.25) is 0 Å². The minimum Gasteiger partial charge on any atom is -0.339 e. The topological polar surface area (TPSA) is 60.9 Å². The Labute approximate surface area is 140 Å². The highest BCUT2D eigenvalue weighted by molar-refractivity contribution is 7.09. The highest BCUT2D eigenvalue weighted by Crippen LogP contribution is 2.33. The molecule has 2 aliphatic rings. The number of rotatable bonds is 4. The largest absolute Gasteiger partial charge is 0.339 e. The second-order valence-electron chi connectivity index (χ2n) is 6.57. The fourth-order valence-electron chi connectivity index (χ4n) is 3.64. The Hall–Kier alpha value is -1.47. The molecule has 0 radical (unpaired) electrons.